The third kappa shape index (κ3) is 3.83. The van der Waals surface area contributed by atoms with Gasteiger partial charge in [-0.2, -0.15) is 0 Å². The molecule has 162 valence electrons. The molecule has 6 nitrogen and oxygen atoms in total. The number of urea groups is 1. The minimum atomic E-state index is -0.752. The second kappa shape index (κ2) is 8.24. The van der Waals surface area contributed by atoms with Crippen LogP contribution in [0.1, 0.15) is 16.7 Å². The largest absolute Gasteiger partial charge is 0.342 e. The number of nitrogens with zero attached hydrogens (tertiary/aromatic N) is 2. The van der Waals surface area contributed by atoms with Crippen molar-refractivity contribution in [1.82, 2.24) is 9.88 Å². The van der Waals surface area contributed by atoms with Crippen molar-refractivity contribution < 1.29 is 14.4 Å². The van der Waals surface area contributed by atoms with E-state index >= 15 is 0 Å². The summed E-state index contributed by atoms with van der Waals surface area (Å²) in [5.41, 5.74) is 4.19. The molecule has 2 heterocycles. The molecule has 1 saturated heterocycles. The molecule has 6 heteroatoms. The lowest BCUT2D eigenvalue weighted by Crippen LogP contribution is -2.54. The Morgan fingerprint density at radius 1 is 0.848 bits per heavy atom. The third-order valence-electron chi connectivity index (χ3n) is 5.71. The van der Waals surface area contributed by atoms with Gasteiger partial charge >= 0.3 is 6.03 Å². The first kappa shape index (κ1) is 20.5. The van der Waals surface area contributed by atoms with Crippen LogP contribution in [0.15, 0.2) is 90.6 Å². The number of aryl methyl sites for hydroxylation is 1. The standard InChI is InChI=1S/C27H21N3O3/c1-18-11-13-21(14-12-18)30-26(32)23(25(31)28-27(30)33)15-20-17-29(16-19-7-3-2-4-8-19)24-10-6-5-9-22(20)24/h2-15,17H,16H2,1H3,(H,28,31,33)/b23-15+. The highest BCUT2D eigenvalue weighted by Crippen LogP contribution is 2.27. The number of fused-ring (bicyclic) bond motifs is 1. The lowest BCUT2D eigenvalue weighted by atomic mass is 10.1. The molecule has 1 aromatic heterocycles. The monoisotopic (exact) mass is 435 g/mol. The normalized spacial score (nSPS) is 15.4. The van der Waals surface area contributed by atoms with E-state index in [9.17, 15) is 14.4 Å². The number of carbonyl (C=O) groups excluding carboxylic acids is 3. The summed E-state index contributed by atoms with van der Waals surface area (Å²) in [5.74, 6) is -1.35. The number of benzene rings is 3. The molecule has 0 aliphatic carbocycles. The van der Waals surface area contributed by atoms with Crippen LogP contribution in [0.25, 0.3) is 17.0 Å². The van der Waals surface area contributed by atoms with Crippen molar-refractivity contribution in [3.05, 3.63) is 107 Å². The molecule has 1 aliphatic rings. The summed E-state index contributed by atoms with van der Waals surface area (Å²) in [6, 6.07) is 24.1. The molecular weight excluding hydrogens is 414 g/mol. The highest BCUT2D eigenvalue weighted by atomic mass is 16.2. The molecule has 1 aliphatic heterocycles. The fourth-order valence-electron chi connectivity index (χ4n) is 4.04. The lowest BCUT2D eigenvalue weighted by Gasteiger charge is -2.26. The van der Waals surface area contributed by atoms with E-state index in [4.69, 9.17) is 0 Å². The van der Waals surface area contributed by atoms with Crippen molar-refractivity contribution in [2.45, 2.75) is 13.5 Å². The Balaban J connectivity index is 1.57. The van der Waals surface area contributed by atoms with E-state index in [1.165, 1.54) is 0 Å². The number of rotatable bonds is 4. The van der Waals surface area contributed by atoms with Gasteiger partial charge in [0.05, 0.1) is 5.69 Å². The summed E-state index contributed by atoms with van der Waals surface area (Å²) in [6.07, 6.45) is 3.49. The number of amides is 4. The molecule has 0 saturated carbocycles. The molecule has 0 radical (unpaired) electrons. The predicted octanol–water partition coefficient (Wildman–Crippen LogP) is 4.66. The third-order valence-corrected chi connectivity index (χ3v) is 5.71. The van der Waals surface area contributed by atoms with Crippen molar-refractivity contribution in [3.8, 4) is 0 Å². The van der Waals surface area contributed by atoms with Crippen molar-refractivity contribution in [1.29, 1.82) is 0 Å². The van der Waals surface area contributed by atoms with Crippen LogP contribution in [-0.4, -0.2) is 22.4 Å². The zero-order valence-corrected chi connectivity index (χ0v) is 18.0. The number of hydrogen-bond acceptors (Lipinski definition) is 3. The number of para-hydroxylation sites is 1. The van der Waals surface area contributed by atoms with Crippen LogP contribution in [0.5, 0.6) is 0 Å². The van der Waals surface area contributed by atoms with E-state index in [-0.39, 0.29) is 5.57 Å². The Kier molecular flexibility index (Phi) is 5.11. The molecule has 1 fully saturated rings. The summed E-state index contributed by atoms with van der Waals surface area (Å²) in [7, 11) is 0. The second-order valence-corrected chi connectivity index (χ2v) is 8.01. The maximum absolute atomic E-state index is 13.2. The molecule has 1 N–H and O–H groups in total. The van der Waals surface area contributed by atoms with Gasteiger partial charge in [-0.25, -0.2) is 9.69 Å². The number of barbiturate groups is 1. The van der Waals surface area contributed by atoms with Gasteiger partial charge in [-0.3, -0.25) is 14.9 Å². The Morgan fingerprint density at radius 3 is 2.30 bits per heavy atom. The van der Waals surface area contributed by atoms with Gasteiger partial charge < -0.3 is 4.57 Å². The van der Waals surface area contributed by atoms with Gasteiger partial charge in [0.15, 0.2) is 0 Å². The summed E-state index contributed by atoms with van der Waals surface area (Å²) in [6.45, 7) is 2.57. The van der Waals surface area contributed by atoms with Gasteiger partial charge in [0.25, 0.3) is 11.8 Å². The molecule has 4 aromatic rings. The fraction of sp³-hybridized carbons (Fsp3) is 0.0741. The number of hydrogen-bond donors (Lipinski definition) is 1. The van der Waals surface area contributed by atoms with Crippen molar-refractivity contribution in [2.24, 2.45) is 0 Å². The maximum atomic E-state index is 13.2. The summed E-state index contributed by atoms with van der Waals surface area (Å²) in [5, 5.41) is 3.21. The Morgan fingerprint density at radius 2 is 1.55 bits per heavy atom. The predicted molar refractivity (Wildman–Crippen MR) is 128 cm³/mol. The molecule has 0 bridgehead atoms. The Bertz CT molecular complexity index is 1420. The summed E-state index contributed by atoms with van der Waals surface area (Å²) >= 11 is 0. The molecule has 0 atom stereocenters. The number of anilines is 1. The zero-order chi connectivity index (χ0) is 22.9. The first-order valence-corrected chi connectivity index (χ1v) is 10.6. The van der Waals surface area contributed by atoms with Crippen molar-refractivity contribution in [2.75, 3.05) is 4.90 Å². The van der Waals surface area contributed by atoms with E-state index < -0.39 is 17.8 Å². The highest BCUT2D eigenvalue weighted by molar-refractivity contribution is 6.39. The van der Waals surface area contributed by atoms with Crippen LogP contribution in [-0.2, 0) is 16.1 Å². The zero-order valence-electron chi connectivity index (χ0n) is 18.0. The SMILES string of the molecule is Cc1ccc(N2C(=O)NC(=O)/C(=C\c3cn(Cc4ccccc4)c4ccccc34)C2=O)cc1. The van der Waals surface area contributed by atoms with Crippen LogP contribution in [0.4, 0.5) is 10.5 Å². The van der Waals surface area contributed by atoms with Gasteiger partial charge in [-0.05, 0) is 36.8 Å². The first-order valence-electron chi connectivity index (χ1n) is 10.6. The first-order chi connectivity index (χ1) is 16.0. The van der Waals surface area contributed by atoms with Crippen LogP contribution in [0.2, 0.25) is 0 Å². The molecule has 3 aromatic carbocycles. The van der Waals surface area contributed by atoms with Crippen LogP contribution in [0.3, 0.4) is 0 Å². The topological polar surface area (TPSA) is 71.4 Å². The Labute approximate surface area is 190 Å². The number of nitrogens with one attached hydrogen (secondary N) is 1. The number of imide groups is 2. The Hall–Kier alpha value is -4.45. The maximum Gasteiger partial charge on any atom is 0.335 e. The highest BCUT2D eigenvalue weighted by Gasteiger charge is 2.36. The van der Waals surface area contributed by atoms with Crippen molar-refractivity contribution in [3.63, 3.8) is 0 Å². The average molecular weight is 435 g/mol. The van der Waals surface area contributed by atoms with Gasteiger partial charge in [0, 0.05) is 29.2 Å². The van der Waals surface area contributed by atoms with Crippen molar-refractivity contribution >= 4 is 40.5 Å². The van der Waals surface area contributed by atoms with Gasteiger partial charge in [0.1, 0.15) is 5.57 Å². The average Bonchev–Trinajstić information content (AvgIpc) is 3.16. The second-order valence-electron chi connectivity index (χ2n) is 8.01. The smallest absolute Gasteiger partial charge is 0.335 e. The lowest BCUT2D eigenvalue weighted by molar-refractivity contribution is -0.122. The molecule has 4 amide bonds. The van der Waals surface area contributed by atoms with E-state index in [0.717, 1.165) is 32.5 Å². The van der Waals surface area contributed by atoms with E-state index in [2.05, 4.69) is 22.0 Å². The number of carbonyl (C=O) groups is 3. The van der Waals surface area contributed by atoms with Crippen LogP contribution in [0, 0.1) is 6.92 Å². The van der Waals surface area contributed by atoms with Gasteiger partial charge in [-0.15, -0.1) is 0 Å². The molecule has 0 unspecified atom stereocenters. The minimum Gasteiger partial charge on any atom is -0.342 e. The molecular formula is C27H21N3O3. The van der Waals surface area contributed by atoms with Crippen LogP contribution < -0.4 is 10.2 Å². The number of aromatic nitrogens is 1. The summed E-state index contributed by atoms with van der Waals surface area (Å²) < 4.78 is 2.09. The fourth-order valence-corrected chi connectivity index (χ4v) is 4.04. The summed E-state index contributed by atoms with van der Waals surface area (Å²) in [4.78, 5) is 39.3. The van der Waals surface area contributed by atoms with Crippen LogP contribution >= 0.6 is 0 Å². The molecule has 33 heavy (non-hydrogen) atoms. The minimum absolute atomic E-state index is 0.0854. The molecule has 0 spiro atoms. The van der Waals surface area contributed by atoms with E-state index in [0.29, 0.717) is 12.2 Å². The van der Waals surface area contributed by atoms with E-state index in [1.54, 1.807) is 18.2 Å². The van der Waals surface area contributed by atoms with Gasteiger partial charge in [-0.1, -0.05) is 66.2 Å². The van der Waals surface area contributed by atoms with Gasteiger partial charge in [0.2, 0.25) is 0 Å². The van der Waals surface area contributed by atoms with E-state index in [1.807, 2.05) is 67.7 Å². The molecule has 5 rings (SSSR count). The quantitative estimate of drug-likeness (QED) is 0.374.